The van der Waals surface area contributed by atoms with Crippen LogP contribution < -0.4 is 10.6 Å². The Morgan fingerprint density at radius 2 is 1.07 bits per heavy atom. The molecule has 7 heteroatoms. The Bertz CT molecular complexity index is 1680. The minimum atomic E-state index is -1.14. The lowest BCUT2D eigenvalue weighted by molar-refractivity contribution is -0.137. The van der Waals surface area contributed by atoms with Crippen molar-refractivity contribution < 1.29 is 24.2 Å². The molecule has 0 aromatic heterocycles. The van der Waals surface area contributed by atoms with E-state index >= 15 is 0 Å². The molecule has 46 heavy (non-hydrogen) atoms. The summed E-state index contributed by atoms with van der Waals surface area (Å²) in [4.78, 5) is 38.8. The number of nitrogens with one attached hydrogen (secondary N) is 2. The Morgan fingerprint density at radius 1 is 0.630 bits per heavy atom. The molecule has 7 nitrogen and oxygen atoms in total. The molecule has 0 radical (unpaired) electrons. The molecule has 0 aliphatic heterocycles. The molecule has 1 aliphatic rings. The number of aliphatic carboxylic acids is 1. The van der Waals surface area contributed by atoms with Crippen molar-refractivity contribution in [1.82, 2.24) is 10.6 Å². The lowest BCUT2D eigenvalue weighted by Gasteiger charge is -2.37. The number of benzene rings is 5. The van der Waals surface area contributed by atoms with Crippen molar-refractivity contribution in [3.63, 3.8) is 0 Å². The second-order valence-electron chi connectivity index (χ2n) is 11.4. The number of carbonyl (C=O) groups excluding carboxylic acids is 2. The number of carboxylic acid groups (broad SMARTS) is 1. The quantitative estimate of drug-likeness (QED) is 0.142. The molecule has 5 aromatic rings. The molecule has 6 rings (SSSR count). The molecule has 2 amide bonds. The Balaban J connectivity index is 1.22. The summed E-state index contributed by atoms with van der Waals surface area (Å²) in [5.41, 5.74) is 5.77. The maximum Gasteiger partial charge on any atom is 0.407 e. The van der Waals surface area contributed by atoms with Gasteiger partial charge in [-0.05, 0) is 38.9 Å². The molecule has 0 bridgehead atoms. The van der Waals surface area contributed by atoms with Crippen molar-refractivity contribution in [2.75, 3.05) is 6.61 Å². The van der Waals surface area contributed by atoms with Crippen LogP contribution >= 0.6 is 0 Å². The van der Waals surface area contributed by atoms with Crippen LogP contribution in [0.25, 0.3) is 11.1 Å². The lowest BCUT2D eigenvalue weighted by Crippen LogP contribution is -2.50. The predicted molar refractivity (Wildman–Crippen MR) is 176 cm³/mol. The molecule has 1 unspecified atom stereocenters. The molecule has 0 saturated heterocycles. The van der Waals surface area contributed by atoms with Crippen LogP contribution in [0.5, 0.6) is 0 Å². The summed E-state index contributed by atoms with van der Waals surface area (Å²) in [6.07, 6.45) is -1.50. The van der Waals surface area contributed by atoms with Crippen molar-refractivity contribution in [2.45, 2.75) is 30.3 Å². The Labute approximate surface area is 267 Å². The number of ether oxygens (including phenoxy) is 1. The van der Waals surface area contributed by atoms with Gasteiger partial charge < -0.3 is 20.5 Å². The standard InChI is InChI=1S/C39H34N2O5/c42-36(41-39(27-14-4-1-5-15-27,28-16-6-2-7-17-28)29-18-8-3-9-19-29)24-30(25-37(43)44)40-38(45)46-26-35-33-22-12-10-20-31(33)32-21-11-13-23-34(32)35/h1-23,30,35H,24-26H2,(H,40,45)(H,41,42)(H,43,44). The van der Waals surface area contributed by atoms with Crippen LogP contribution in [0.2, 0.25) is 0 Å². The summed E-state index contributed by atoms with van der Waals surface area (Å²) < 4.78 is 5.67. The van der Waals surface area contributed by atoms with Crippen LogP contribution in [0, 0.1) is 0 Å². The van der Waals surface area contributed by atoms with Gasteiger partial charge in [0.25, 0.3) is 0 Å². The Kier molecular flexibility index (Phi) is 8.92. The van der Waals surface area contributed by atoms with Gasteiger partial charge in [-0.1, -0.05) is 140 Å². The van der Waals surface area contributed by atoms with E-state index < -0.39 is 36.0 Å². The highest BCUT2D eigenvalue weighted by atomic mass is 16.5. The average molecular weight is 611 g/mol. The number of fused-ring (bicyclic) bond motifs is 3. The smallest absolute Gasteiger partial charge is 0.407 e. The molecular formula is C39H34N2O5. The largest absolute Gasteiger partial charge is 0.481 e. The first-order valence-electron chi connectivity index (χ1n) is 15.3. The maximum absolute atomic E-state index is 13.9. The van der Waals surface area contributed by atoms with E-state index in [4.69, 9.17) is 4.74 Å². The van der Waals surface area contributed by atoms with Gasteiger partial charge >= 0.3 is 12.1 Å². The lowest BCUT2D eigenvalue weighted by atomic mass is 9.77. The number of carbonyl (C=O) groups is 3. The Hall–Kier alpha value is -5.69. The molecule has 230 valence electrons. The fourth-order valence-corrected chi connectivity index (χ4v) is 6.46. The summed E-state index contributed by atoms with van der Waals surface area (Å²) in [6.45, 7) is 0.0744. The maximum atomic E-state index is 13.9. The third-order valence-electron chi connectivity index (χ3n) is 8.47. The summed E-state index contributed by atoms with van der Waals surface area (Å²) in [7, 11) is 0. The van der Waals surface area contributed by atoms with Gasteiger partial charge in [-0.25, -0.2) is 4.79 Å². The number of carboxylic acids is 1. The van der Waals surface area contributed by atoms with Gasteiger partial charge in [0.15, 0.2) is 0 Å². The highest BCUT2D eigenvalue weighted by Crippen LogP contribution is 2.44. The van der Waals surface area contributed by atoms with E-state index in [0.29, 0.717) is 0 Å². The number of amides is 2. The van der Waals surface area contributed by atoms with Crippen molar-refractivity contribution in [1.29, 1.82) is 0 Å². The second-order valence-corrected chi connectivity index (χ2v) is 11.4. The van der Waals surface area contributed by atoms with Crippen molar-refractivity contribution in [2.24, 2.45) is 0 Å². The number of rotatable bonds is 11. The first-order chi connectivity index (χ1) is 22.5. The minimum Gasteiger partial charge on any atom is -0.481 e. The monoisotopic (exact) mass is 610 g/mol. The average Bonchev–Trinajstić information content (AvgIpc) is 3.40. The van der Waals surface area contributed by atoms with Gasteiger partial charge in [0.1, 0.15) is 12.1 Å². The van der Waals surface area contributed by atoms with E-state index in [0.717, 1.165) is 38.9 Å². The summed E-state index contributed by atoms with van der Waals surface area (Å²) >= 11 is 0. The van der Waals surface area contributed by atoms with E-state index in [1.165, 1.54) is 0 Å². The first kappa shape index (κ1) is 30.3. The van der Waals surface area contributed by atoms with E-state index in [9.17, 15) is 19.5 Å². The van der Waals surface area contributed by atoms with Gasteiger partial charge in [-0.2, -0.15) is 0 Å². The molecule has 0 saturated carbocycles. The first-order valence-corrected chi connectivity index (χ1v) is 15.3. The predicted octanol–water partition coefficient (Wildman–Crippen LogP) is 6.87. The minimum absolute atomic E-state index is 0.0744. The Morgan fingerprint density at radius 3 is 1.52 bits per heavy atom. The molecule has 3 N–H and O–H groups in total. The molecule has 1 atom stereocenters. The zero-order valence-electron chi connectivity index (χ0n) is 25.1. The van der Waals surface area contributed by atoms with E-state index in [2.05, 4.69) is 22.8 Å². The van der Waals surface area contributed by atoms with E-state index in [1.807, 2.05) is 127 Å². The third-order valence-corrected chi connectivity index (χ3v) is 8.47. The molecule has 1 aliphatic carbocycles. The third kappa shape index (κ3) is 6.26. The SMILES string of the molecule is O=C(O)CC(CC(=O)NC(c1ccccc1)(c1ccccc1)c1ccccc1)NC(=O)OCC1c2ccccc2-c2ccccc21. The van der Waals surface area contributed by atoms with Gasteiger partial charge in [0, 0.05) is 12.3 Å². The number of hydrogen-bond donors (Lipinski definition) is 3. The highest BCUT2D eigenvalue weighted by molar-refractivity contribution is 5.82. The van der Waals surface area contributed by atoms with Gasteiger partial charge in [0.2, 0.25) is 5.91 Å². The fraction of sp³-hybridized carbons (Fsp3) is 0.154. The molecule has 0 fully saturated rings. The molecule has 5 aromatic carbocycles. The zero-order chi connectivity index (χ0) is 31.9. The van der Waals surface area contributed by atoms with Crippen molar-refractivity contribution >= 4 is 18.0 Å². The second kappa shape index (κ2) is 13.5. The summed E-state index contributed by atoms with van der Waals surface area (Å²) in [6, 6.07) is 43.9. The normalized spacial score (nSPS) is 12.8. The number of hydrogen-bond acceptors (Lipinski definition) is 4. The molecule has 0 heterocycles. The van der Waals surface area contributed by atoms with Gasteiger partial charge in [-0.15, -0.1) is 0 Å². The van der Waals surface area contributed by atoms with Crippen LogP contribution in [0.4, 0.5) is 4.79 Å². The molecule has 0 spiro atoms. The topological polar surface area (TPSA) is 105 Å². The zero-order valence-corrected chi connectivity index (χ0v) is 25.1. The van der Waals surface area contributed by atoms with Gasteiger partial charge in [-0.3, -0.25) is 9.59 Å². The summed E-state index contributed by atoms with van der Waals surface area (Å²) in [5.74, 6) is -1.72. The fourth-order valence-electron chi connectivity index (χ4n) is 6.46. The van der Waals surface area contributed by atoms with Crippen LogP contribution in [0.15, 0.2) is 140 Å². The van der Waals surface area contributed by atoms with Crippen LogP contribution in [-0.4, -0.2) is 35.7 Å². The number of alkyl carbamates (subject to hydrolysis) is 1. The highest BCUT2D eigenvalue weighted by Gasteiger charge is 2.38. The van der Waals surface area contributed by atoms with E-state index in [-0.39, 0.29) is 18.9 Å². The van der Waals surface area contributed by atoms with Crippen molar-refractivity contribution in [3.8, 4) is 11.1 Å². The van der Waals surface area contributed by atoms with Gasteiger partial charge in [0.05, 0.1) is 12.5 Å². The van der Waals surface area contributed by atoms with Crippen LogP contribution in [-0.2, 0) is 19.9 Å². The van der Waals surface area contributed by atoms with Crippen molar-refractivity contribution in [3.05, 3.63) is 167 Å². The molecular weight excluding hydrogens is 576 g/mol. The summed E-state index contributed by atoms with van der Waals surface area (Å²) in [5, 5.41) is 15.6. The van der Waals surface area contributed by atoms with E-state index in [1.54, 1.807) is 0 Å². The van der Waals surface area contributed by atoms with Crippen LogP contribution in [0.3, 0.4) is 0 Å². The van der Waals surface area contributed by atoms with Crippen LogP contribution in [0.1, 0.15) is 46.6 Å².